The molecule has 0 heterocycles. The van der Waals surface area contributed by atoms with E-state index in [1.807, 2.05) is 18.2 Å². The van der Waals surface area contributed by atoms with Crippen molar-refractivity contribution in [1.82, 2.24) is 0 Å². The molecule has 1 aliphatic rings. The van der Waals surface area contributed by atoms with Gasteiger partial charge in [-0.05, 0) is 6.92 Å². The highest BCUT2D eigenvalue weighted by Gasteiger charge is 2.00. The van der Waals surface area contributed by atoms with Gasteiger partial charge < -0.3 is 0 Å². The van der Waals surface area contributed by atoms with Gasteiger partial charge in [-0.3, -0.25) is 4.79 Å². The van der Waals surface area contributed by atoms with E-state index in [0.717, 1.165) is 5.57 Å². The topological polar surface area (TPSA) is 17.1 Å². The third kappa shape index (κ3) is 0.610. The number of carbonyl (C=O) groups is 1. The van der Waals surface area contributed by atoms with Crippen molar-refractivity contribution in [3.8, 4) is 0 Å². The Kier molecular flexibility index (Phi) is 0.823. The van der Waals surface area contributed by atoms with Crippen LogP contribution in [0.1, 0.15) is 6.92 Å². The van der Waals surface area contributed by atoms with E-state index in [2.05, 4.69) is 0 Å². The minimum Gasteiger partial charge on any atom is -0.295 e. The lowest BCUT2D eigenvalue weighted by atomic mass is 10.1. The lowest BCUT2D eigenvalue weighted by Crippen LogP contribution is -1.96. The fraction of sp³-hybridized carbons (Fsp3) is 0.167. The standard InChI is InChI=1S/C6H6O/c1-5(7)6-3-2-4-6/h2-4H,1H3. The summed E-state index contributed by atoms with van der Waals surface area (Å²) in [5.74, 6) is 0.155. The molecule has 1 aliphatic carbocycles. The molecule has 36 valence electrons. The summed E-state index contributed by atoms with van der Waals surface area (Å²) in [5, 5.41) is 0. The molecule has 0 N–H and O–H groups in total. The molecular formula is C6H6O. The molecule has 0 saturated carbocycles. The summed E-state index contributed by atoms with van der Waals surface area (Å²) in [7, 11) is 0. The maximum absolute atomic E-state index is 10.3. The van der Waals surface area contributed by atoms with Gasteiger partial charge in [-0.1, -0.05) is 18.2 Å². The van der Waals surface area contributed by atoms with E-state index in [9.17, 15) is 4.79 Å². The molecule has 0 fully saturated rings. The number of hydrogen-bond donors (Lipinski definition) is 0. The van der Waals surface area contributed by atoms with E-state index in [4.69, 9.17) is 0 Å². The Morgan fingerprint density at radius 2 is 2.29 bits per heavy atom. The fourth-order valence-corrected chi connectivity index (χ4v) is 0.427. The Bertz CT molecular complexity index is 152. The second kappa shape index (κ2) is 1.34. The van der Waals surface area contributed by atoms with Crippen LogP contribution in [0, 0.1) is 0 Å². The summed E-state index contributed by atoms with van der Waals surface area (Å²) in [6.07, 6.45) is 5.47. The molecule has 0 bridgehead atoms. The molecule has 7 heavy (non-hydrogen) atoms. The normalized spacial score (nSPS) is 15.3. The van der Waals surface area contributed by atoms with Crippen LogP contribution in [0.4, 0.5) is 0 Å². The third-order valence-electron chi connectivity index (χ3n) is 0.958. The summed E-state index contributed by atoms with van der Waals surface area (Å²) in [4.78, 5) is 10.3. The average Bonchev–Trinajstić information content (AvgIpc) is 1.23. The van der Waals surface area contributed by atoms with Crippen LogP contribution in [0.2, 0.25) is 0 Å². The fourth-order valence-electron chi connectivity index (χ4n) is 0.427. The summed E-state index contributed by atoms with van der Waals surface area (Å²) in [5.41, 5.74) is 0.833. The van der Waals surface area contributed by atoms with Crippen molar-refractivity contribution in [1.29, 1.82) is 0 Å². The molecule has 0 aromatic rings. The maximum atomic E-state index is 10.3. The second-order valence-corrected chi connectivity index (χ2v) is 1.54. The largest absolute Gasteiger partial charge is 0.295 e. The molecular weight excluding hydrogens is 88.1 g/mol. The smallest absolute Gasteiger partial charge is 0.159 e. The molecule has 0 aromatic carbocycles. The van der Waals surface area contributed by atoms with E-state index >= 15 is 0 Å². The van der Waals surface area contributed by atoms with E-state index in [0.29, 0.717) is 0 Å². The number of Topliss-reactive ketones (excluding diaryl/α,β-unsaturated/α-hetero) is 1. The van der Waals surface area contributed by atoms with Gasteiger partial charge in [0.25, 0.3) is 0 Å². The van der Waals surface area contributed by atoms with Crippen molar-refractivity contribution in [3.63, 3.8) is 0 Å². The summed E-state index contributed by atoms with van der Waals surface area (Å²) in [6, 6.07) is 0. The van der Waals surface area contributed by atoms with Gasteiger partial charge in [-0.25, -0.2) is 0 Å². The van der Waals surface area contributed by atoms with Crippen molar-refractivity contribution in [3.05, 3.63) is 23.8 Å². The molecule has 0 aromatic heterocycles. The van der Waals surface area contributed by atoms with E-state index in [1.165, 1.54) is 0 Å². The maximum Gasteiger partial charge on any atom is 0.159 e. The molecule has 0 amide bonds. The predicted octanol–water partition coefficient (Wildman–Crippen LogP) is 1.07. The highest BCUT2D eigenvalue weighted by Crippen LogP contribution is 2.06. The van der Waals surface area contributed by atoms with Gasteiger partial charge in [0.05, 0.1) is 0 Å². The summed E-state index contributed by atoms with van der Waals surface area (Å²) < 4.78 is 0. The van der Waals surface area contributed by atoms with Crippen LogP contribution in [0.3, 0.4) is 0 Å². The van der Waals surface area contributed by atoms with E-state index < -0.39 is 0 Å². The van der Waals surface area contributed by atoms with Gasteiger partial charge in [0.1, 0.15) is 0 Å². The number of ketones is 1. The van der Waals surface area contributed by atoms with Crippen molar-refractivity contribution in [2.75, 3.05) is 0 Å². The first-order valence-corrected chi connectivity index (χ1v) is 2.20. The zero-order valence-electron chi connectivity index (χ0n) is 4.14. The van der Waals surface area contributed by atoms with Crippen LogP contribution >= 0.6 is 0 Å². The number of carbonyl (C=O) groups excluding carboxylic acids is 1. The third-order valence-corrected chi connectivity index (χ3v) is 0.958. The van der Waals surface area contributed by atoms with Crippen LogP contribution in [-0.2, 0) is 4.79 Å². The predicted molar refractivity (Wildman–Crippen MR) is 27.9 cm³/mol. The van der Waals surface area contributed by atoms with Gasteiger partial charge >= 0.3 is 0 Å². The number of rotatable bonds is 1. The monoisotopic (exact) mass is 94.0 g/mol. The molecule has 0 atom stereocenters. The van der Waals surface area contributed by atoms with Crippen molar-refractivity contribution < 1.29 is 4.79 Å². The first-order valence-electron chi connectivity index (χ1n) is 2.20. The number of hydrogen-bond acceptors (Lipinski definition) is 1. The molecule has 1 heteroatoms. The lowest BCUT2D eigenvalue weighted by Gasteiger charge is -1.98. The Morgan fingerprint density at radius 3 is 2.29 bits per heavy atom. The molecule has 0 aliphatic heterocycles. The molecule has 0 spiro atoms. The van der Waals surface area contributed by atoms with Gasteiger partial charge in [-0.15, -0.1) is 0 Å². The summed E-state index contributed by atoms with van der Waals surface area (Å²) in [6.45, 7) is 1.56. The average molecular weight is 94.1 g/mol. The summed E-state index contributed by atoms with van der Waals surface area (Å²) >= 11 is 0. The SMILES string of the molecule is CC(=O)C1=CC=C1. The molecule has 1 rings (SSSR count). The highest BCUT2D eigenvalue weighted by molar-refractivity contribution is 5.98. The zero-order chi connectivity index (χ0) is 5.28. The van der Waals surface area contributed by atoms with Crippen LogP contribution in [0.25, 0.3) is 0 Å². The lowest BCUT2D eigenvalue weighted by molar-refractivity contribution is -0.113. The van der Waals surface area contributed by atoms with Gasteiger partial charge in [0.15, 0.2) is 5.78 Å². The second-order valence-electron chi connectivity index (χ2n) is 1.54. The van der Waals surface area contributed by atoms with Crippen LogP contribution in [-0.4, -0.2) is 5.78 Å². The minimum atomic E-state index is 0.155. The molecule has 1 nitrogen and oxygen atoms in total. The minimum absolute atomic E-state index is 0.155. The van der Waals surface area contributed by atoms with Gasteiger partial charge in [0, 0.05) is 5.57 Å². The van der Waals surface area contributed by atoms with Crippen LogP contribution in [0.5, 0.6) is 0 Å². The first kappa shape index (κ1) is 4.31. The Morgan fingerprint density at radius 1 is 1.71 bits per heavy atom. The van der Waals surface area contributed by atoms with E-state index in [1.54, 1.807) is 6.92 Å². The highest BCUT2D eigenvalue weighted by atomic mass is 16.1. The van der Waals surface area contributed by atoms with E-state index in [-0.39, 0.29) is 5.78 Å². The van der Waals surface area contributed by atoms with Crippen LogP contribution < -0.4 is 0 Å². The first-order chi connectivity index (χ1) is 3.30. The molecule has 0 saturated heterocycles. The van der Waals surface area contributed by atoms with Crippen molar-refractivity contribution in [2.24, 2.45) is 0 Å². The van der Waals surface area contributed by atoms with Gasteiger partial charge in [-0.2, -0.15) is 0 Å². The Labute approximate surface area is 42.3 Å². The number of allylic oxidation sites excluding steroid dienone is 4. The van der Waals surface area contributed by atoms with Crippen molar-refractivity contribution >= 4 is 5.78 Å². The molecule has 0 unspecified atom stereocenters. The Balaban J connectivity index is 2.60. The Hall–Kier alpha value is -0.850. The zero-order valence-corrected chi connectivity index (χ0v) is 4.14. The van der Waals surface area contributed by atoms with Crippen molar-refractivity contribution in [2.45, 2.75) is 6.92 Å². The van der Waals surface area contributed by atoms with Crippen LogP contribution in [0.15, 0.2) is 23.8 Å². The quantitative estimate of drug-likeness (QED) is 0.475. The molecule has 0 radical (unpaired) electrons. The van der Waals surface area contributed by atoms with Gasteiger partial charge in [0.2, 0.25) is 0 Å².